The smallest absolute Gasteiger partial charge is 0.338 e. The highest BCUT2D eigenvalue weighted by atomic mass is 32.2. The molecule has 3 aromatic rings. The van der Waals surface area contributed by atoms with Gasteiger partial charge in [-0.25, -0.2) is 17.9 Å². The van der Waals surface area contributed by atoms with E-state index in [0.29, 0.717) is 10.7 Å². The maximum atomic E-state index is 12.4. The number of carbonyl (C=O) groups is 2. The van der Waals surface area contributed by atoms with Crippen molar-refractivity contribution in [3.63, 3.8) is 0 Å². The van der Waals surface area contributed by atoms with E-state index in [-0.39, 0.29) is 35.0 Å². The summed E-state index contributed by atoms with van der Waals surface area (Å²) in [5.41, 5.74) is 1.94. The number of rotatable bonds is 10. The standard InChI is InChI=1S/C22H21N5O5S2/c1-2-15-4-8-17(9-5-15)25-20(28)21-27-26-19(33-21)14-32-22(29)16-6-10-18(11-7-16)34(30,31)24-13-3-12-23/h4-11,24H,2-3,13-14H2,1H3,(H,25,28). The zero-order valence-corrected chi connectivity index (χ0v) is 19.8. The van der Waals surface area contributed by atoms with Crippen LogP contribution in [0.1, 0.15) is 44.1 Å². The summed E-state index contributed by atoms with van der Waals surface area (Å²) in [6, 6.07) is 14.5. The second kappa shape index (κ2) is 11.5. The molecule has 0 bridgehead atoms. The van der Waals surface area contributed by atoms with E-state index in [1.165, 1.54) is 24.3 Å². The van der Waals surface area contributed by atoms with Crippen LogP contribution in [0.4, 0.5) is 5.69 Å². The van der Waals surface area contributed by atoms with Gasteiger partial charge in [-0.05, 0) is 48.4 Å². The number of esters is 1. The third-order valence-corrected chi connectivity index (χ3v) is 6.91. The fourth-order valence-corrected chi connectivity index (χ4v) is 4.40. The molecule has 0 saturated carbocycles. The Balaban J connectivity index is 1.54. The Morgan fingerprint density at radius 2 is 1.79 bits per heavy atom. The number of nitrogens with one attached hydrogen (secondary N) is 2. The zero-order chi connectivity index (χ0) is 24.6. The molecule has 1 aromatic heterocycles. The maximum absolute atomic E-state index is 12.4. The first-order chi connectivity index (χ1) is 16.3. The van der Waals surface area contributed by atoms with E-state index in [9.17, 15) is 18.0 Å². The van der Waals surface area contributed by atoms with Gasteiger partial charge in [0.25, 0.3) is 5.91 Å². The van der Waals surface area contributed by atoms with Gasteiger partial charge in [0.15, 0.2) is 5.01 Å². The normalized spacial score (nSPS) is 10.9. The zero-order valence-electron chi connectivity index (χ0n) is 18.1. The minimum Gasteiger partial charge on any atom is -0.455 e. The van der Waals surface area contributed by atoms with Gasteiger partial charge in [-0.15, -0.1) is 10.2 Å². The van der Waals surface area contributed by atoms with Crippen molar-refractivity contribution < 1.29 is 22.7 Å². The molecule has 3 rings (SSSR count). The molecule has 0 radical (unpaired) electrons. The molecule has 2 aromatic carbocycles. The van der Waals surface area contributed by atoms with Crippen LogP contribution in [0.2, 0.25) is 0 Å². The number of amides is 1. The van der Waals surface area contributed by atoms with E-state index < -0.39 is 21.9 Å². The number of benzene rings is 2. The largest absolute Gasteiger partial charge is 0.455 e. The van der Waals surface area contributed by atoms with Crippen molar-refractivity contribution in [3.8, 4) is 6.07 Å². The highest BCUT2D eigenvalue weighted by Crippen LogP contribution is 2.16. The summed E-state index contributed by atoms with van der Waals surface area (Å²) in [4.78, 5) is 24.6. The molecule has 0 fully saturated rings. The molecule has 10 nitrogen and oxygen atoms in total. The number of nitrogens with zero attached hydrogens (tertiary/aromatic N) is 3. The van der Waals surface area contributed by atoms with Crippen LogP contribution in [0, 0.1) is 11.3 Å². The van der Waals surface area contributed by atoms with Crippen LogP contribution in [-0.2, 0) is 27.8 Å². The number of hydrogen-bond acceptors (Lipinski definition) is 9. The van der Waals surface area contributed by atoms with Crippen LogP contribution < -0.4 is 10.0 Å². The Labute approximate surface area is 200 Å². The van der Waals surface area contributed by atoms with Gasteiger partial charge in [-0.3, -0.25) is 4.79 Å². The first-order valence-corrected chi connectivity index (χ1v) is 12.5. The number of aryl methyl sites for hydroxylation is 1. The predicted molar refractivity (Wildman–Crippen MR) is 125 cm³/mol. The molecular formula is C22H21N5O5S2. The quantitative estimate of drug-likeness (QED) is 0.319. The number of sulfonamides is 1. The fraction of sp³-hybridized carbons (Fsp3) is 0.227. The molecule has 0 aliphatic heterocycles. The van der Waals surface area contributed by atoms with Gasteiger partial charge in [0.2, 0.25) is 15.0 Å². The van der Waals surface area contributed by atoms with Crippen LogP contribution in [-0.4, -0.2) is 37.0 Å². The second-order valence-electron chi connectivity index (χ2n) is 6.91. The average molecular weight is 500 g/mol. The lowest BCUT2D eigenvalue weighted by Gasteiger charge is -2.06. The molecule has 34 heavy (non-hydrogen) atoms. The molecule has 176 valence electrons. The van der Waals surface area contributed by atoms with E-state index in [0.717, 1.165) is 23.3 Å². The van der Waals surface area contributed by atoms with Gasteiger partial charge in [-0.1, -0.05) is 30.4 Å². The van der Waals surface area contributed by atoms with Gasteiger partial charge < -0.3 is 10.1 Å². The van der Waals surface area contributed by atoms with Crippen LogP contribution in [0.3, 0.4) is 0 Å². The average Bonchev–Trinajstić information content (AvgIpc) is 3.32. The van der Waals surface area contributed by atoms with E-state index in [1.807, 2.05) is 25.1 Å². The summed E-state index contributed by atoms with van der Waals surface area (Å²) in [5.74, 6) is -1.10. The van der Waals surface area contributed by atoms with E-state index in [1.54, 1.807) is 12.1 Å². The molecule has 0 aliphatic carbocycles. The lowest BCUT2D eigenvalue weighted by molar-refractivity contribution is 0.0471. The summed E-state index contributed by atoms with van der Waals surface area (Å²) < 4.78 is 31.7. The van der Waals surface area contributed by atoms with Crippen LogP contribution >= 0.6 is 11.3 Å². The lowest BCUT2D eigenvalue weighted by atomic mass is 10.1. The van der Waals surface area contributed by atoms with Crippen molar-refractivity contribution >= 4 is 38.9 Å². The Hall–Kier alpha value is -3.66. The van der Waals surface area contributed by atoms with E-state index >= 15 is 0 Å². The number of hydrogen-bond donors (Lipinski definition) is 2. The van der Waals surface area contributed by atoms with Gasteiger partial charge >= 0.3 is 5.97 Å². The Bertz CT molecular complexity index is 1300. The summed E-state index contributed by atoms with van der Waals surface area (Å²) >= 11 is 0.998. The topological polar surface area (TPSA) is 151 Å². The van der Waals surface area contributed by atoms with Crippen molar-refractivity contribution in [2.24, 2.45) is 0 Å². The molecule has 0 aliphatic rings. The van der Waals surface area contributed by atoms with Crippen LogP contribution in [0.15, 0.2) is 53.4 Å². The van der Waals surface area contributed by atoms with E-state index in [2.05, 4.69) is 20.2 Å². The molecule has 1 amide bonds. The minimum atomic E-state index is -3.77. The first kappa shape index (κ1) is 25.0. The number of anilines is 1. The van der Waals surface area contributed by atoms with Crippen molar-refractivity contribution in [3.05, 3.63) is 69.7 Å². The fourth-order valence-electron chi connectivity index (χ4n) is 2.72. The van der Waals surface area contributed by atoms with Crippen molar-refractivity contribution in [2.45, 2.75) is 31.3 Å². The summed E-state index contributed by atoms with van der Waals surface area (Å²) in [6.07, 6.45) is 0.946. The molecule has 0 saturated heterocycles. The predicted octanol–water partition coefficient (Wildman–Crippen LogP) is 2.90. The highest BCUT2D eigenvalue weighted by molar-refractivity contribution is 7.89. The molecule has 0 unspecified atom stereocenters. The van der Waals surface area contributed by atoms with E-state index in [4.69, 9.17) is 10.00 Å². The molecular weight excluding hydrogens is 478 g/mol. The molecule has 12 heteroatoms. The summed E-state index contributed by atoms with van der Waals surface area (Å²) in [7, 11) is -3.77. The van der Waals surface area contributed by atoms with Gasteiger partial charge in [0.1, 0.15) is 6.61 Å². The van der Waals surface area contributed by atoms with Gasteiger partial charge in [0.05, 0.1) is 16.5 Å². The van der Waals surface area contributed by atoms with Gasteiger partial charge in [0, 0.05) is 18.7 Å². The first-order valence-electron chi connectivity index (χ1n) is 10.2. The van der Waals surface area contributed by atoms with Gasteiger partial charge in [-0.2, -0.15) is 5.26 Å². The summed E-state index contributed by atoms with van der Waals surface area (Å²) in [5, 5.41) is 19.4. The third kappa shape index (κ3) is 6.67. The maximum Gasteiger partial charge on any atom is 0.338 e. The Morgan fingerprint density at radius 1 is 1.09 bits per heavy atom. The molecule has 0 spiro atoms. The molecule has 0 atom stereocenters. The Morgan fingerprint density at radius 3 is 2.44 bits per heavy atom. The number of aromatic nitrogens is 2. The third-order valence-electron chi connectivity index (χ3n) is 4.54. The van der Waals surface area contributed by atoms with Crippen molar-refractivity contribution in [1.82, 2.24) is 14.9 Å². The van der Waals surface area contributed by atoms with Crippen molar-refractivity contribution in [2.75, 3.05) is 11.9 Å². The monoisotopic (exact) mass is 499 g/mol. The van der Waals surface area contributed by atoms with Crippen LogP contribution in [0.25, 0.3) is 0 Å². The number of ether oxygens (including phenoxy) is 1. The molecule has 2 N–H and O–H groups in total. The minimum absolute atomic E-state index is 0.00434. The van der Waals surface area contributed by atoms with Crippen LogP contribution in [0.5, 0.6) is 0 Å². The second-order valence-corrected chi connectivity index (χ2v) is 9.74. The number of nitriles is 1. The van der Waals surface area contributed by atoms with Crippen molar-refractivity contribution in [1.29, 1.82) is 5.26 Å². The lowest BCUT2D eigenvalue weighted by Crippen LogP contribution is -2.24. The highest BCUT2D eigenvalue weighted by Gasteiger charge is 2.17. The molecule has 1 heterocycles. The SMILES string of the molecule is CCc1ccc(NC(=O)c2nnc(COC(=O)c3ccc(S(=O)(=O)NCCC#N)cc3)s2)cc1. The Kier molecular flexibility index (Phi) is 8.42. The summed E-state index contributed by atoms with van der Waals surface area (Å²) in [6.45, 7) is 1.85. The number of carbonyl (C=O) groups excluding carboxylic acids is 2.